The lowest BCUT2D eigenvalue weighted by Crippen LogP contribution is -2.40. The van der Waals surface area contributed by atoms with Crippen LogP contribution in [0, 0.1) is 5.92 Å². The van der Waals surface area contributed by atoms with Crippen molar-refractivity contribution in [3.8, 4) is 0 Å². The fraction of sp³-hybridized carbons (Fsp3) is 0.316. The molecular formula is C19H20BrNO4S. The zero-order valence-corrected chi connectivity index (χ0v) is 16.5. The molecule has 138 valence electrons. The van der Waals surface area contributed by atoms with Gasteiger partial charge in [-0.25, -0.2) is 13.2 Å². The summed E-state index contributed by atoms with van der Waals surface area (Å²) in [6.45, 7) is 0.918. The molecule has 5 nitrogen and oxygen atoms in total. The van der Waals surface area contributed by atoms with Crippen LogP contribution in [0.2, 0.25) is 0 Å². The van der Waals surface area contributed by atoms with E-state index in [-0.39, 0.29) is 16.4 Å². The Hall–Kier alpha value is -1.70. The Labute approximate surface area is 161 Å². The van der Waals surface area contributed by atoms with Gasteiger partial charge in [0.2, 0.25) is 10.0 Å². The standard InChI is InChI=1S/C19H20BrNO4S/c20-18-9-8-16(12-17(18)19(22)23)26(24,25)21-10-4-7-15(13-21)11-14-5-2-1-3-6-14/h1-3,5-6,8-9,12,15H,4,7,10-11,13H2,(H,22,23). The number of halogens is 1. The first-order valence-electron chi connectivity index (χ1n) is 8.45. The van der Waals surface area contributed by atoms with Gasteiger partial charge in [-0.3, -0.25) is 0 Å². The minimum absolute atomic E-state index is 0.0264. The van der Waals surface area contributed by atoms with Crippen LogP contribution in [0.25, 0.3) is 0 Å². The molecule has 1 saturated heterocycles. The van der Waals surface area contributed by atoms with Gasteiger partial charge >= 0.3 is 5.97 Å². The van der Waals surface area contributed by atoms with E-state index in [1.54, 1.807) is 0 Å². The summed E-state index contributed by atoms with van der Waals surface area (Å²) in [5.41, 5.74) is 1.15. The zero-order valence-electron chi connectivity index (χ0n) is 14.1. The van der Waals surface area contributed by atoms with E-state index in [1.807, 2.05) is 18.2 Å². The molecule has 0 spiro atoms. The molecule has 1 N–H and O–H groups in total. The van der Waals surface area contributed by atoms with Crippen molar-refractivity contribution in [2.24, 2.45) is 5.92 Å². The van der Waals surface area contributed by atoms with E-state index >= 15 is 0 Å². The fourth-order valence-electron chi connectivity index (χ4n) is 3.34. The largest absolute Gasteiger partial charge is 0.478 e. The molecule has 0 radical (unpaired) electrons. The summed E-state index contributed by atoms with van der Waals surface area (Å²) in [4.78, 5) is 11.3. The Kier molecular flexibility index (Phi) is 5.79. The summed E-state index contributed by atoms with van der Waals surface area (Å²) in [5, 5.41) is 9.23. The molecule has 0 saturated carbocycles. The van der Waals surface area contributed by atoms with Gasteiger partial charge in [0.25, 0.3) is 0 Å². The van der Waals surface area contributed by atoms with Crippen LogP contribution in [0.1, 0.15) is 28.8 Å². The van der Waals surface area contributed by atoms with Crippen LogP contribution >= 0.6 is 15.9 Å². The lowest BCUT2D eigenvalue weighted by molar-refractivity contribution is 0.0695. The Morgan fingerprint density at radius 2 is 1.92 bits per heavy atom. The highest BCUT2D eigenvalue weighted by Gasteiger charge is 2.31. The molecule has 0 aromatic heterocycles. The third-order valence-corrected chi connectivity index (χ3v) is 7.21. The maximum Gasteiger partial charge on any atom is 0.336 e. The molecule has 2 aromatic rings. The average molecular weight is 438 g/mol. The van der Waals surface area contributed by atoms with E-state index in [9.17, 15) is 18.3 Å². The monoisotopic (exact) mass is 437 g/mol. The van der Waals surface area contributed by atoms with Crippen LogP contribution in [-0.2, 0) is 16.4 Å². The molecule has 0 bridgehead atoms. The van der Waals surface area contributed by atoms with Gasteiger partial charge in [-0.2, -0.15) is 4.31 Å². The van der Waals surface area contributed by atoms with Crippen molar-refractivity contribution in [3.63, 3.8) is 0 Å². The second-order valence-corrected chi connectivity index (χ2v) is 9.30. The molecule has 7 heteroatoms. The van der Waals surface area contributed by atoms with Crippen molar-refractivity contribution in [1.82, 2.24) is 4.31 Å². The highest BCUT2D eigenvalue weighted by atomic mass is 79.9. The normalized spacial score (nSPS) is 18.6. The molecule has 3 rings (SSSR count). The summed E-state index contributed by atoms with van der Waals surface area (Å²) >= 11 is 3.15. The van der Waals surface area contributed by atoms with E-state index < -0.39 is 16.0 Å². The average Bonchev–Trinajstić information content (AvgIpc) is 2.63. The zero-order chi connectivity index (χ0) is 18.7. The van der Waals surface area contributed by atoms with Crippen molar-refractivity contribution >= 4 is 31.9 Å². The van der Waals surface area contributed by atoms with Crippen molar-refractivity contribution < 1.29 is 18.3 Å². The highest BCUT2D eigenvalue weighted by molar-refractivity contribution is 9.10. The van der Waals surface area contributed by atoms with E-state index in [4.69, 9.17) is 0 Å². The molecule has 1 atom stereocenters. The highest BCUT2D eigenvalue weighted by Crippen LogP contribution is 2.28. The predicted octanol–water partition coefficient (Wildman–Crippen LogP) is 3.79. The first-order valence-corrected chi connectivity index (χ1v) is 10.7. The van der Waals surface area contributed by atoms with Gasteiger partial charge in [0, 0.05) is 17.6 Å². The van der Waals surface area contributed by atoms with Gasteiger partial charge in [-0.15, -0.1) is 0 Å². The summed E-state index contributed by atoms with van der Waals surface area (Å²) in [5.74, 6) is -0.898. The fourth-order valence-corrected chi connectivity index (χ4v) is 5.33. The molecule has 1 heterocycles. The first-order chi connectivity index (χ1) is 12.4. The van der Waals surface area contributed by atoms with E-state index in [1.165, 1.54) is 28.1 Å². The van der Waals surface area contributed by atoms with E-state index in [2.05, 4.69) is 28.1 Å². The van der Waals surface area contributed by atoms with Gasteiger partial charge < -0.3 is 5.11 Å². The van der Waals surface area contributed by atoms with Gasteiger partial charge in [-0.1, -0.05) is 30.3 Å². The number of aromatic carboxylic acids is 1. The van der Waals surface area contributed by atoms with Crippen LogP contribution < -0.4 is 0 Å². The third kappa shape index (κ3) is 4.16. The van der Waals surface area contributed by atoms with Crippen molar-refractivity contribution in [3.05, 3.63) is 64.1 Å². The molecule has 1 unspecified atom stereocenters. The Morgan fingerprint density at radius 1 is 1.19 bits per heavy atom. The molecule has 1 aliphatic heterocycles. The topological polar surface area (TPSA) is 74.7 Å². The maximum atomic E-state index is 13.0. The molecular weight excluding hydrogens is 418 g/mol. The second kappa shape index (κ2) is 7.90. The van der Waals surface area contributed by atoms with Gasteiger partial charge in [0.15, 0.2) is 0 Å². The van der Waals surface area contributed by atoms with Crippen LogP contribution in [0.3, 0.4) is 0 Å². The minimum Gasteiger partial charge on any atom is -0.478 e. The minimum atomic E-state index is -3.71. The van der Waals surface area contributed by atoms with Crippen molar-refractivity contribution in [1.29, 1.82) is 0 Å². The summed E-state index contributed by atoms with van der Waals surface area (Å²) in [7, 11) is -3.71. The van der Waals surface area contributed by atoms with Gasteiger partial charge in [-0.05, 0) is 64.9 Å². The van der Waals surface area contributed by atoms with Crippen LogP contribution in [0.5, 0.6) is 0 Å². The SMILES string of the molecule is O=C(O)c1cc(S(=O)(=O)N2CCCC(Cc3ccccc3)C2)ccc1Br. The number of piperidine rings is 1. The second-order valence-electron chi connectivity index (χ2n) is 6.51. The molecule has 1 fully saturated rings. The molecule has 2 aromatic carbocycles. The van der Waals surface area contributed by atoms with E-state index in [0.29, 0.717) is 17.6 Å². The summed E-state index contributed by atoms with van der Waals surface area (Å²) in [6.07, 6.45) is 2.63. The summed E-state index contributed by atoms with van der Waals surface area (Å²) < 4.78 is 27.8. The number of nitrogens with zero attached hydrogens (tertiary/aromatic N) is 1. The Bertz CT molecular complexity index is 899. The first kappa shape index (κ1) is 19.1. The summed E-state index contributed by atoms with van der Waals surface area (Å²) in [6, 6.07) is 14.2. The Morgan fingerprint density at radius 3 is 2.62 bits per heavy atom. The number of rotatable bonds is 5. The van der Waals surface area contributed by atoms with E-state index in [0.717, 1.165) is 19.3 Å². The third-order valence-electron chi connectivity index (χ3n) is 4.65. The quantitative estimate of drug-likeness (QED) is 0.771. The Balaban J connectivity index is 1.81. The maximum absolute atomic E-state index is 13.0. The lowest BCUT2D eigenvalue weighted by atomic mass is 9.92. The number of benzene rings is 2. The number of hydrogen-bond acceptors (Lipinski definition) is 3. The molecule has 0 amide bonds. The number of hydrogen-bond donors (Lipinski definition) is 1. The van der Waals surface area contributed by atoms with Crippen LogP contribution in [0.4, 0.5) is 0 Å². The van der Waals surface area contributed by atoms with Crippen molar-refractivity contribution in [2.75, 3.05) is 13.1 Å². The number of carbonyl (C=O) groups is 1. The lowest BCUT2D eigenvalue weighted by Gasteiger charge is -2.32. The van der Waals surface area contributed by atoms with Crippen LogP contribution in [0.15, 0.2) is 57.9 Å². The van der Waals surface area contributed by atoms with Crippen LogP contribution in [-0.4, -0.2) is 36.9 Å². The molecule has 26 heavy (non-hydrogen) atoms. The number of carboxylic acids is 1. The smallest absolute Gasteiger partial charge is 0.336 e. The predicted molar refractivity (Wildman–Crippen MR) is 103 cm³/mol. The van der Waals surface area contributed by atoms with Gasteiger partial charge in [0.05, 0.1) is 10.5 Å². The van der Waals surface area contributed by atoms with Crippen molar-refractivity contribution in [2.45, 2.75) is 24.2 Å². The molecule has 1 aliphatic rings. The number of carboxylic acid groups (broad SMARTS) is 1. The number of sulfonamides is 1. The molecule has 0 aliphatic carbocycles. The van der Waals surface area contributed by atoms with Gasteiger partial charge in [0.1, 0.15) is 0 Å².